The number of amides is 1. The van der Waals surface area contributed by atoms with Crippen molar-refractivity contribution in [2.24, 2.45) is 0 Å². The van der Waals surface area contributed by atoms with Gasteiger partial charge in [-0.05, 0) is 6.42 Å². The number of aromatic nitrogens is 1. The van der Waals surface area contributed by atoms with E-state index in [2.05, 4.69) is 15.6 Å². The van der Waals surface area contributed by atoms with Crippen molar-refractivity contribution in [1.82, 2.24) is 10.3 Å². The van der Waals surface area contributed by atoms with Crippen LogP contribution in [0, 0.1) is 11.6 Å². The van der Waals surface area contributed by atoms with Crippen LogP contribution in [0.2, 0.25) is 0 Å². The first-order chi connectivity index (χ1) is 8.61. The lowest BCUT2D eigenvalue weighted by Crippen LogP contribution is -2.34. The molecule has 1 aromatic rings. The van der Waals surface area contributed by atoms with Crippen LogP contribution in [0.4, 0.5) is 20.4 Å². The molecular formula is C11H14F2N4O. The number of anilines is 2. The van der Waals surface area contributed by atoms with E-state index in [0.717, 1.165) is 6.07 Å². The van der Waals surface area contributed by atoms with Gasteiger partial charge >= 0.3 is 0 Å². The molecule has 0 aliphatic carbocycles. The molecule has 0 saturated carbocycles. The summed E-state index contributed by atoms with van der Waals surface area (Å²) in [6.07, 6.45) is 0.694. The average Bonchev–Trinajstić information content (AvgIpc) is 2.54. The van der Waals surface area contributed by atoms with Crippen molar-refractivity contribution < 1.29 is 13.6 Å². The Morgan fingerprint density at radius 2 is 2.22 bits per heavy atom. The minimum Gasteiger partial charge on any atom is -0.371 e. The Hall–Kier alpha value is -1.92. The largest absolute Gasteiger partial charge is 0.371 e. The van der Waals surface area contributed by atoms with E-state index in [1.54, 1.807) is 0 Å². The first kappa shape index (κ1) is 12.5. The van der Waals surface area contributed by atoms with Crippen molar-refractivity contribution in [3.63, 3.8) is 0 Å². The minimum absolute atomic E-state index is 0.00204. The van der Waals surface area contributed by atoms with E-state index in [1.165, 1.54) is 11.9 Å². The Bertz CT molecular complexity index is 467. The monoisotopic (exact) mass is 256 g/mol. The fourth-order valence-corrected chi connectivity index (χ4v) is 1.84. The molecule has 1 saturated heterocycles. The van der Waals surface area contributed by atoms with E-state index < -0.39 is 11.6 Å². The predicted octanol–water partition coefficient (Wildman–Crippen LogP) is 0.728. The maximum absolute atomic E-state index is 13.7. The number of rotatable bonds is 2. The predicted molar refractivity (Wildman–Crippen MR) is 63.5 cm³/mol. The molecule has 5 nitrogen and oxygen atoms in total. The Morgan fingerprint density at radius 1 is 1.44 bits per heavy atom. The molecular weight excluding hydrogens is 242 g/mol. The molecule has 0 bridgehead atoms. The summed E-state index contributed by atoms with van der Waals surface area (Å²) in [4.78, 5) is 16.8. The number of carbonyl (C=O) groups excluding carboxylic acids is 1. The van der Waals surface area contributed by atoms with Gasteiger partial charge in [0.1, 0.15) is 0 Å². The second-order valence-corrected chi connectivity index (χ2v) is 4.00. The zero-order valence-electron chi connectivity index (χ0n) is 9.96. The second-order valence-electron chi connectivity index (χ2n) is 4.00. The molecule has 1 amide bonds. The molecule has 2 rings (SSSR count). The summed E-state index contributed by atoms with van der Waals surface area (Å²) >= 11 is 0. The van der Waals surface area contributed by atoms with Crippen LogP contribution in [-0.4, -0.2) is 37.6 Å². The van der Waals surface area contributed by atoms with Crippen molar-refractivity contribution >= 4 is 17.5 Å². The van der Waals surface area contributed by atoms with E-state index in [4.69, 9.17) is 0 Å². The van der Waals surface area contributed by atoms with Crippen LogP contribution in [-0.2, 0) is 4.79 Å². The lowest BCUT2D eigenvalue weighted by Gasteiger charge is -2.21. The van der Waals surface area contributed by atoms with Gasteiger partial charge in [0.25, 0.3) is 0 Å². The standard InChI is InChI=1S/C11H14F2N4O/c1-14-10-7(12)5-8(13)11(16-10)17-4-2-3-15-9(18)6-17/h5H,2-4,6H2,1H3,(H,14,16)(H,15,18). The Labute approximate surface area is 103 Å². The van der Waals surface area contributed by atoms with Gasteiger partial charge in [0.15, 0.2) is 23.3 Å². The Balaban J connectivity index is 2.33. The summed E-state index contributed by atoms with van der Waals surface area (Å²) in [5, 5.41) is 5.23. The number of hydrogen-bond donors (Lipinski definition) is 2. The molecule has 2 heterocycles. The van der Waals surface area contributed by atoms with Gasteiger partial charge in [-0.3, -0.25) is 4.79 Å². The molecule has 0 atom stereocenters. The number of carbonyl (C=O) groups is 1. The van der Waals surface area contributed by atoms with Gasteiger partial charge in [-0.2, -0.15) is 0 Å². The number of pyridine rings is 1. The van der Waals surface area contributed by atoms with Crippen molar-refractivity contribution in [3.8, 4) is 0 Å². The lowest BCUT2D eigenvalue weighted by molar-refractivity contribution is -0.119. The highest BCUT2D eigenvalue weighted by Gasteiger charge is 2.21. The normalized spacial score (nSPS) is 16.2. The van der Waals surface area contributed by atoms with E-state index >= 15 is 0 Å². The molecule has 1 aromatic heterocycles. The third-order valence-corrected chi connectivity index (χ3v) is 2.71. The van der Waals surface area contributed by atoms with E-state index in [9.17, 15) is 13.6 Å². The fraction of sp³-hybridized carbons (Fsp3) is 0.455. The van der Waals surface area contributed by atoms with Crippen molar-refractivity contribution in [2.45, 2.75) is 6.42 Å². The topological polar surface area (TPSA) is 57.3 Å². The summed E-state index contributed by atoms with van der Waals surface area (Å²) in [6.45, 7) is 1.08. The highest BCUT2D eigenvalue weighted by atomic mass is 19.1. The molecule has 18 heavy (non-hydrogen) atoms. The van der Waals surface area contributed by atoms with Crippen molar-refractivity contribution in [2.75, 3.05) is 36.9 Å². The van der Waals surface area contributed by atoms with Crippen molar-refractivity contribution in [3.05, 3.63) is 17.7 Å². The van der Waals surface area contributed by atoms with E-state index in [-0.39, 0.29) is 24.1 Å². The van der Waals surface area contributed by atoms with Gasteiger partial charge in [-0.25, -0.2) is 13.8 Å². The summed E-state index contributed by atoms with van der Waals surface area (Å²) < 4.78 is 27.0. The van der Waals surface area contributed by atoms with Crippen molar-refractivity contribution in [1.29, 1.82) is 0 Å². The zero-order chi connectivity index (χ0) is 13.1. The maximum atomic E-state index is 13.7. The first-order valence-corrected chi connectivity index (χ1v) is 5.67. The van der Waals surface area contributed by atoms with E-state index in [0.29, 0.717) is 19.5 Å². The number of nitrogens with one attached hydrogen (secondary N) is 2. The van der Waals surface area contributed by atoms with Crippen LogP contribution in [0.15, 0.2) is 6.07 Å². The highest BCUT2D eigenvalue weighted by molar-refractivity contribution is 5.81. The zero-order valence-corrected chi connectivity index (χ0v) is 9.96. The molecule has 0 spiro atoms. The molecule has 1 aliphatic heterocycles. The Kier molecular flexibility index (Phi) is 3.59. The summed E-state index contributed by atoms with van der Waals surface area (Å²) in [7, 11) is 1.50. The summed E-state index contributed by atoms with van der Waals surface area (Å²) in [5.41, 5.74) is 0. The quantitative estimate of drug-likeness (QED) is 0.819. The van der Waals surface area contributed by atoms with Crippen LogP contribution < -0.4 is 15.5 Å². The highest BCUT2D eigenvalue weighted by Crippen LogP contribution is 2.22. The fourth-order valence-electron chi connectivity index (χ4n) is 1.84. The van der Waals surface area contributed by atoms with Crippen LogP contribution in [0.5, 0.6) is 0 Å². The number of nitrogens with zero attached hydrogens (tertiary/aromatic N) is 2. The second kappa shape index (κ2) is 5.16. The van der Waals surface area contributed by atoms with Crippen LogP contribution >= 0.6 is 0 Å². The van der Waals surface area contributed by atoms with Gasteiger partial charge in [0.05, 0.1) is 6.54 Å². The molecule has 0 radical (unpaired) electrons. The summed E-state index contributed by atoms with van der Waals surface area (Å²) in [6, 6.07) is 0.775. The number of hydrogen-bond acceptors (Lipinski definition) is 4. The smallest absolute Gasteiger partial charge is 0.239 e. The molecule has 1 aliphatic rings. The SMILES string of the molecule is CNc1nc(N2CCCNC(=O)C2)c(F)cc1F. The summed E-state index contributed by atoms with van der Waals surface area (Å²) in [5.74, 6) is -1.74. The van der Waals surface area contributed by atoms with Gasteiger partial charge in [-0.15, -0.1) is 0 Å². The van der Waals surface area contributed by atoms with Gasteiger partial charge in [0.2, 0.25) is 5.91 Å². The van der Waals surface area contributed by atoms with Crippen LogP contribution in [0.25, 0.3) is 0 Å². The van der Waals surface area contributed by atoms with Crippen LogP contribution in [0.3, 0.4) is 0 Å². The maximum Gasteiger partial charge on any atom is 0.239 e. The average molecular weight is 256 g/mol. The molecule has 1 fully saturated rings. The minimum atomic E-state index is -0.763. The van der Waals surface area contributed by atoms with Gasteiger partial charge in [-0.1, -0.05) is 0 Å². The van der Waals surface area contributed by atoms with E-state index in [1.807, 2.05) is 0 Å². The van der Waals surface area contributed by atoms with Gasteiger partial charge < -0.3 is 15.5 Å². The molecule has 7 heteroatoms. The van der Waals surface area contributed by atoms with Crippen LogP contribution in [0.1, 0.15) is 6.42 Å². The molecule has 0 aromatic carbocycles. The molecule has 2 N–H and O–H groups in total. The first-order valence-electron chi connectivity index (χ1n) is 5.67. The molecule has 98 valence electrons. The van der Waals surface area contributed by atoms with Gasteiger partial charge in [0, 0.05) is 26.2 Å². The number of halogens is 2. The Morgan fingerprint density at radius 3 is 2.94 bits per heavy atom. The third kappa shape index (κ3) is 2.49. The third-order valence-electron chi connectivity index (χ3n) is 2.71. The lowest BCUT2D eigenvalue weighted by atomic mass is 10.3. The molecule has 0 unspecified atom stereocenters.